The molecule has 2 unspecified atom stereocenters. The van der Waals surface area contributed by atoms with Gasteiger partial charge in [-0.2, -0.15) is 4.39 Å². The Labute approximate surface area is 108 Å². The van der Waals surface area contributed by atoms with Crippen LogP contribution in [0.4, 0.5) is 13.2 Å². The average Bonchev–Trinajstić information content (AvgIpc) is 2.28. The molecule has 0 radical (unpaired) electrons. The van der Waals surface area contributed by atoms with Crippen molar-refractivity contribution in [1.29, 1.82) is 0 Å². The summed E-state index contributed by atoms with van der Waals surface area (Å²) in [5.41, 5.74) is 1.27. The van der Waals surface area contributed by atoms with E-state index in [-0.39, 0.29) is 5.75 Å². The third-order valence-corrected chi connectivity index (χ3v) is 2.82. The number of aryl methyl sites for hydroxylation is 1. The van der Waals surface area contributed by atoms with Gasteiger partial charge in [0.1, 0.15) is 5.75 Å². The van der Waals surface area contributed by atoms with Crippen molar-refractivity contribution in [2.45, 2.75) is 32.5 Å². The number of benzene rings is 1. The summed E-state index contributed by atoms with van der Waals surface area (Å²) in [6, 6.07) is 4.22. The highest BCUT2D eigenvalue weighted by Crippen LogP contribution is 2.26. The summed E-state index contributed by atoms with van der Waals surface area (Å²) in [4.78, 5) is 11.0. The van der Waals surface area contributed by atoms with Gasteiger partial charge in [0.25, 0.3) is 6.36 Å². The maximum absolute atomic E-state index is 12.7. The first kappa shape index (κ1) is 14.8. The van der Waals surface area contributed by atoms with Gasteiger partial charge in [-0.05, 0) is 41.8 Å². The zero-order valence-corrected chi connectivity index (χ0v) is 10.5. The molecule has 18 heavy (non-hydrogen) atoms. The first-order valence-electron chi connectivity index (χ1n) is 5.21. The molecule has 1 rings (SSSR count). The van der Waals surface area contributed by atoms with Crippen molar-refractivity contribution < 1.29 is 22.7 Å². The molecule has 0 spiro atoms. The van der Waals surface area contributed by atoms with Gasteiger partial charge in [0.05, 0.1) is 5.92 Å². The summed E-state index contributed by atoms with van der Waals surface area (Å²) in [5.74, 6) is -0.532. The van der Waals surface area contributed by atoms with Crippen LogP contribution in [0.1, 0.15) is 24.0 Å². The lowest BCUT2D eigenvalue weighted by atomic mass is 9.97. The van der Waals surface area contributed by atoms with E-state index in [2.05, 4.69) is 4.74 Å². The summed E-state index contributed by atoms with van der Waals surface area (Å²) in [7, 11) is 0. The number of alkyl halides is 3. The minimum atomic E-state index is -3.20. The van der Waals surface area contributed by atoms with Crippen molar-refractivity contribution in [2.24, 2.45) is 0 Å². The minimum Gasteiger partial charge on any atom is -0.454 e. The number of ether oxygens (including phenoxy) is 1. The monoisotopic (exact) mass is 280 g/mol. The Balaban J connectivity index is 2.89. The van der Waals surface area contributed by atoms with E-state index in [1.54, 1.807) is 13.8 Å². The summed E-state index contributed by atoms with van der Waals surface area (Å²) >= 11 is 5.37. The zero-order valence-electron chi connectivity index (χ0n) is 9.79. The molecule has 2 atom stereocenters. The number of carbonyl (C=O) groups is 1. The summed E-state index contributed by atoms with van der Waals surface area (Å²) in [5, 5.41) is -0.525. The standard InChI is InChI=1S/C12H12ClF3O2/c1-6-5-8(18-12(16)11(14)15)3-4-9(6)7(2)10(13)17/h3-5,7,11-12H,1-2H3. The minimum absolute atomic E-state index is 0.0155. The molecule has 100 valence electrons. The molecule has 2 nitrogen and oxygen atoms in total. The van der Waals surface area contributed by atoms with Crippen LogP contribution < -0.4 is 4.74 Å². The molecule has 0 aliphatic carbocycles. The van der Waals surface area contributed by atoms with Crippen LogP contribution in [0.5, 0.6) is 5.75 Å². The first-order valence-corrected chi connectivity index (χ1v) is 5.59. The Morgan fingerprint density at radius 3 is 2.39 bits per heavy atom. The molecule has 0 aliphatic rings. The fourth-order valence-corrected chi connectivity index (χ4v) is 1.63. The van der Waals surface area contributed by atoms with Gasteiger partial charge in [0.15, 0.2) is 0 Å². The Morgan fingerprint density at radius 1 is 1.33 bits per heavy atom. The topological polar surface area (TPSA) is 26.3 Å². The normalized spacial score (nSPS) is 14.4. The van der Waals surface area contributed by atoms with Gasteiger partial charge in [-0.3, -0.25) is 4.79 Å². The van der Waals surface area contributed by atoms with Crippen molar-refractivity contribution in [3.63, 3.8) is 0 Å². The second-order valence-corrected chi connectivity index (χ2v) is 4.22. The molecule has 0 aromatic heterocycles. The van der Waals surface area contributed by atoms with Crippen LogP contribution in [0.3, 0.4) is 0 Å². The van der Waals surface area contributed by atoms with Crippen LogP contribution in [0, 0.1) is 6.92 Å². The molecular weight excluding hydrogens is 269 g/mol. The van der Waals surface area contributed by atoms with Gasteiger partial charge in [-0.25, -0.2) is 8.78 Å². The Morgan fingerprint density at radius 2 is 1.94 bits per heavy atom. The van der Waals surface area contributed by atoms with Crippen molar-refractivity contribution in [1.82, 2.24) is 0 Å². The lowest BCUT2D eigenvalue weighted by Gasteiger charge is -2.14. The molecule has 0 aliphatic heterocycles. The highest BCUT2D eigenvalue weighted by molar-refractivity contribution is 6.64. The van der Waals surface area contributed by atoms with E-state index in [0.717, 1.165) is 0 Å². The quantitative estimate of drug-likeness (QED) is 0.767. The van der Waals surface area contributed by atoms with Crippen LogP contribution >= 0.6 is 11.6 Å². The molecule has 1 aromatic carbocycles. The van der Waals surface area contributed by atoms with Gasteiger partial charge in [0, 0.05) is 0 Å². The van der Waals surface area contributed by atoms with Gasteiger partial charge in [-0.15, -0.1) is 0 Å². The number of carbonyl (C=O) groups excluding carboxylic acids is 1. The van der Waals surface area contributed by atoms with Crippen molar-refractivity contribution >= 4 is 16.8 Å². The Bertz CT molecular complexity index is 437. The van der Waals surface area contributed by atoms with E-state index in [0.29, 0.717) is 11.1 Å². The van der Waals surface area contributed by atoms with Gasteiger partial charge in [-0.1, -0.05) is 13.0 Å². The maximum Gasteiger partial charge on any atom is 0.304 e. The van der Waals surface area contributed by atoms with E-state index < -0.39 is 23.9 Å². The molecule has 0 saturated heterocycles. The van der Waals surface area contributed by atoms with Gasteiger partial charge in [0.2, 0.25) is 5.24 Å². The molecule has 0 saturated carbocycles. The third kappa shape index (κ3) is 3.63. The molecule has 0 N–H and O–H groups in total. The zero-order chi connectivity index (χ0) is 13.9. The first-order chi connectivity index (χ1) is 8.32. The van der Waals surface area contributed by atoms with E-state index in [1.165, 1.54) is 18.2 Å². The largest absolute Gasteiger partial charge is 0.454 e. The van der Waals surface area contributed by atoms with Crippen molar-refractivity contribution in [3.05, 3.63) is 29.3 Å². The van der Waals surface area contributed by atoms with Gasteiger partial charge < -0.3 is 4.74 Å². The number of halogens is 4. The molecule has 1 aromatic rings. The van der Waals surface area contributed by atoms with Crippen LogP contribution in [0.2, 0.25) is 0 Å². The van der Waals surface area contributed by atoms with Crippen LogP contribution in [0.15, 0.2) is 18.2 Å². The summed E-state index contributed by atoms with van der Waals surface area (Å²) < 4.78 is 41.0. The van der Waals surface area contributed by atoms with Crippen molar-refractivity contribution in [3.8, 4) is 5.75 Å². The van der Waals surface area contributed by atoms with E-state index in [1.807, 2.05) is 0 Å². The predicted molar refractivity (Wildman–Crippen MR) is 62.0 cm³/mol. The maximum atomic E-state index is 12.7. The van der Waals surface area contributed by atoms with Crippen LogP contribution in [-0.4, -0.2) is 18.0 Å². The second-order valence-electron chi connectivity index (χ2n) is 3.85. The van der Waals surface area contributed by atoms with Crippen LogP contribution in [-0.2, 0) is 4.79 Å². The molecule has 0 amide bonds. The van der Waals surface area contributed by atoms with E-state index in [4.69, 9.17) is 11.6 Å². The average molecular weight is 281 g/mol. The number of rotatable bonds is 5. The number of hydrogen-bond acceptors (Lipinski definition) is 2. The highest BCUT2D eigenvalue weighted by atomic mass is 35.5. The molecule has 0 bridgehead atoms. The SMILES string of the molecule is Cc1cc(OC(F)C(F)F)ccc1C(C)C(=O)Cl. The predicted octanol–water partition coefficient (Wildman–Crippen LogP) is 3.80. The van der Waals surface area contributed by atoms with E-state index in [9.17, 15) is 18.0 Å². The number of hydrogen-bond donors (Lipinski definition) is 0. The van der Waals surface area contributed by atoms with Crippen molar-refractivity contribution in [2.75, 3.05) is 0 Å². The lowest BCUT2D eigenvalue weighted by molar-refractivity contribution is -0.112. The molecule has 0 heterocycles. The van der Waals surface area contributed by atoms with Gasteiger partial charge >= 0.3 is 6.43 Å². The Kier molecular flexibility index (Phi) is 5.02. The third-order valence-electron chi connectivity index (χ3n) is 2.49. The molecular formula is C12H12ClF3O2. The summed E-state index contributed by atoms with van der Waals surface area (Å²) in [6.45, 7) is 3.28. The molecule has 6 heteroatoms. The molecule has 0 fully saturated rings. The van der Waals surface area contributed by atoms with E-state index >= 15 is 0 Å². The summed E-state index contributed by atoms with van der Waals surface area (Å²) in [6.07, 6.45) is -5.87. The second kappa shape index (κ2) is 6.09. The highest BCUT2D eigenvalue weighted by Gasteiger charge is 2.21. The smallest absolute Gasteiger partial charge is 0.304 e. The van der Waals surface area contributed by atoms with Crippen LogP contribution in [0.25, 0.3) is 0 Å². The fourth-order valence-electron chi connectivity index (χ4n) is 1.51. The lowest BCUT2D eigenvalue weighted by Crippen LogP contribution is -2.19. The Hall–Kier alpha value is -1.23. The fraction of sp³-hybridized carbons (Fsp3) is 0.417.